The van der Waals surface area contributed by atoms with Crippen molar-refractivity contribution in [3.05, 3.63) is 21.4 Å². The first-order chi connectivity index (χ1) is 9.07. The second-order valence-electron chi connectivity index (χ2n) is 7.76. The molecule has 0 saturated heterocycles. The van der Waals surface area contributed by atoms with Crippen molar-refractivity contribution in [2.75, 3.05) is 6.61 Å². The maximum absolute atomic E-state index is 5.82. The molecule has 1 rings (SSSR count). The molecular formula is C17H31NOS. The van der Waals surface area contributed by atoms with Crippen LogP contribution in [-0.4, -0.2) is 12.1 Å². The zero-order valence-corrected chi connectivity index (χ0v) is 15.0. The second kappa shape index (κ2) is 7.06. The van der Waals surface area contributed by atoms with E-state index in [2.05, 4.69) is 59.8 Å². The molecule has 1 N–H and O–H groups in total. The standard InChI is InChI=1S/C17H31NOS/c1-13-14(12-19-9-8-16(2,3)4)10-15(20-13)11-18-17(5,6)7/h10,18H,8-9,11-12H2,1-7H3. The van der Waals surface area contributed by atoms with Crippen LogP contribution in [0.25, 0.3) is 0 Å². The SMILES string of the molecule is Cc1sc(CNC(C)(C)C)cc1COCCC(C)(C)C. The largest absolute Gasteiger partial charge is 0.377 e. The van der Waals surface area contributed by atoms with E-state index in [1.165, 1.54) is 15.3 Å². The molecule has 0 fully saturated rings. The van der Waals surface area contributed by atoms with E-state index in [0.717, 1.165) is 26.2 Å². The predicted molar refractivity (Wildman–Crippen MR) is 89.4 cm³/mol. The van der Waals surface area contributed by atoms with E-state index in [1.54, 1.807) is 0 Å². The molecule has 0 aliphatic carbocycles. The first-order valence-corrected chi connectivity index (χ1v) is 8.29. The lowest BCUT2D eigenvalue weighted by atomic mass is 9.93. The molecule has 0 atom stereocenters. The summed E-state index contributed by atoms with van der Waals surface area (Å²) in [5.41, 5.74) is 1.86. The van der Waals surface area contributed by atoms with Crippen LogP contribution < -0.4 is 5.32 Å². The van der Waals surface area contributed by atoms with Gasteiger partial charge in [-0.15, -0.1) is 11.3 Å². The topological polar surface area (TPSA) is 21.3 Å². The van der Waals surface area contributed by atoms with Crippen LogP contribution in [0.5, 0.6) is 0 Å². The van der Waals surface area contributed by atoms with Crippen LogP contribution in [0.15, 0.2) is 6.07 Å². The van der Waals surface area contributed by atoms with Crippen molar-refractivity contribution in [2.45, 2.75) is 73.6 Å². The van der Waals surface area contributed by atoms with Crippen molar-refractivity contribution in [3.8, 4) is 0 Å². The third kappa shape index (κ3) is 7.41. The van der Waals surface area contributed by atoms with Gasteiger partial charge in [0.05, 0.1) is 6.61 Å². The van der Waals surface area contributed by atoms with Crippen LogP contribution in [-0.2, 0) is 17.9 Å². The van der Waals surface area contributed by atoms with E-state index in [0.29, 0.717) is 5.41 Å². The molecule has 0 aromatic carbocycles. The van der Waals surface area contributed by atoms with Crippen LogP contribution in [0.1, 0.15) is 63.3 Å². The summed E-state index contributed by atoms with van der Waals surface area (Å²) in [6.45, 7) is 18.1. The minimum atomic E-state index is 0.168. The molecule has 0 amide bonds. The van der Waals surface area contributed by atoms with Gasteiger partial charge in [0.25, 0.3) is 0 Å². The van der Waals surface area contributed by atoms with E-state index in [9.17, 15) is 0 Å². The molecule has 0 bridgehead atoms. The Hall–Kier alpha value is -0.380. The lowest BCUT2D eigenvalue weighted by Crippen LogP contribution is -2.34. The van der Waals surface area contributed by atoms with Crippen LogP contribution in [0.3, 0.4) is 0 Å². The zero-order valence-electron chi connectivity index (χ0n) is 14.2. The molecule has 1 aromatic heterocycles. The summed E-state index contributed by atoms with van der Waals surface area (Å²) in [6, 6.07) is 2.29. The quantitative estimate of drug-likeness (QED) is 0.754. The highest BCUT2D eigenvalue weighted by Crippen LogP contribution is 2.24. The highest BCUT2D eigenvalue weighted by atomic mass is 32.1. The normalized spacial score (nSPS) is 12.9. The monoisotopic (exact) mass is 297 g/mol. The summed E-state index contributed by atoms with van der Waals surface area (Å²) < 4.78 is 5.82. The molecular weight excluding hydrogens is 266 g/mol. The molecule has 1 aromatic rings. The average Bonchev–Trinajstić information content (AvgIpc) is 2.61. The van der Waals surface area contributed by atoms with Gasteiger partial charge in [0.2, 0.25) is 0 Å². The molecule has 1 heterocycles. The molecule has 0 radical (unpaired) electrons. The first-order valence-electron chi connectivity index (χ1n) is 7.48. The maximum Gasteiger partial charge on any atom is 0.0727 e. The van der Waals surface area contributed by atoms with Gasteiger partial charge in [-0.25, -0.2) is 0 Å². The minimum absolute atomic E-state index is 0.168. The fourth-order valence-electron chi connectivity index (χ4n) is 1.73. The number of rotatable bonds is 6. The van der Waals surface area contributed by atoms with Crippen molar-refractivity contribution < 1.29 is 4.74 Å². The summed E-state index contributed by atoms with van der Waals surface area (Å²) in [5.74, 6) is 0. The van der Waals surface area contributed by atoms with Gasteiger partial charge >= 0.3 is 0 Å². The Kier molecular flexibility index (Phi) is 6.24. The second-order valence-corrected chi connectivity index (χ2v) is 9.10. The van der Waals surface area contributed by atoms with Crippen molar-refractivity contribution in [3.63, 3.8) is 0 Å². The summed E-state index contributed by atoms with van der Waals surface area (Å²) in [4.78, 5) is 2.78. The van der Waals surface area contributed by atoms with E-state index in [-0.39, 0.29) is 5.54 Å². The number of aryl methyl sites for hydroxylation is 1. The van der Waals surface area contributed by atoms with E-state index in [4.69, 9.17) is 4.74 Å². The molecule has 0 spiro atoms. The Morgan fingerprint density at radius 2 is 1.80 bits per heavy atom. The van der Waals surface area contributed by atoms with Gasteiger partial charge < -0.3 is 10.1 Å². The van der Waals surface area contributed by atoms with Gasteiger partial charge in [0, 0.05) is 28.4 Å². The molecule has 0 unspecified atom stereocenters. The van der Waals surface area contributed by atoms with E-state index < -0.39 is 0 Å². The molecule has 3 heteroatoms. The molecule has 116 valence electrons. The van der Waals surface area contributed by atoms with Gasteiger partial charge in [0.15, 0.2) is 0 Å². The lowest BCUT2D eigenvalue weighted by Gasteiger charge is -2.19. The Bertz CT molecular complexity index is 410. The third-order valence-electron chi connectivity index (χ3n) is 3.12. The summed E-state index contributed by atoms with van der Waals surface area (Å²) in [6.07, 6.45) is 1.11. The summed E-state index contributed by atoms with van der Waals surface area (Å²) in [7, 11) is 0. The van der Waals surface area contributed by atoms with Crippen molar-refractivity contribution in [1.82, 2.24) is 5.32 Å². The van der Waals surface area contributed by atoms with E-state index >= 15 is 0 Å². The number of hydrogen-bond donors (Lipinski definition) is 1. The van der Waals surface area contributed by atoms with Gasteiger partial charge in [0.1, 0.15) is 0 Å². The zero-order chi connectivity index (χ0) is 15.4. The highest BCUT2D eigenvalue weighted by Gasteiger charge is 2.12. The molecule has 0 saturated carbocycles. The average molecular weight is 298 g/mol. The van der Waals surface area contributed by atoms with E-state index in [1.807, 2.05) is 11.3 Å². The maximum atomic E-state index is 5.82. The van der Waals surface area contributed by atoms with Crippen LogP contribution in [0.4, 0.5) is 0 Å². The fraction of sp³-hybridized carbons (Fsp3) is 0.765. The van der Waals surface area contributed by atoms with Crippen LogP contribution >= 0.6 is 11.3 Å². The Balaban J connectivity index is 2.42. The molecule has 0 aliphatic rings. The minimum Gasteiger partial charge on any atom is -0.377 e. The van der Waals surface area contributed by atoms with Gasteiger partial charge in [-0.05, 0) is 51.2 Å². The van der Waals surface area contributed by atoms with Crippen molar-refractivity contribution >= 4 is 11.3 Å². The van der Waals surface area contributed by atoms with Crippen molar-refractivity contribution in [1.29, 1.82) is 0 Å². The Labute approximate surface area is 128 Å². The Morgan fingerprint density at radius 3 is 2.35 bits per heavy atom. The Morgan fingerprint density at radius 1 is 1.15 bits per heavy atom. The smallest absolute Gasteiger partial charge is 0.0727 e. The number of thiophene rings is 1. The third-order valence-corrected chi connectivity index (χ3v) is 4.21. The molecule has 0 aliphatic heterocycles. The summed E-state index contributed by atoms with van der Waals surface area (Å²) >= 11 is 1.88. The highest BCUT2D eigenvalue weighted by molar-refractivity contribution is 7.12. The summed E-state index contributed by atoms with van der Waals surface area (Å²) in [5, 5.41) is 3.54. The van der Waals surface area contributed by atoms with Crippen LogP contribution in [0.2, 0.25) is 0 Å². The number of hydrogen-bond acceptors (Lipinski definition) is 3. The number of nitrogens with one attached hydrogen (secondary N) is 1. The van der Waals surface area contributed by atoms with Gasteiger partial charge in [-0.3, -0.25) is 0 Å². The molecule has 2 nitrogen and oxygen atoms in total. The van der Waals surface area contributed by atoms with Crippen LogP contribution in [0, 0.1) is 12.3 Å². The fourth-order valence-corrected chi connectivity index (χ4v) is 2.72. The lowest BCUT2D eigenvalue weighted by molar-refractivity contribution is 0.0961. The predicted octanol–water partition coefficient (Wildman–Crippen LogP) is 4.90. The molecule has 20 heavy (non-hydrogen) atoms. The van der Waals surface area contributed by atoms with Crippen molar-refractivity contribution in [2.24, 2.45) is 5.41 Å². The van der Waals surface area contributed by atoms with Gasteiger partial charge in [-0.1, -0.05) is 20.8 Å². The number of ether oxygens (including phenoxy) is 1. The van der Waals surface area contributed by atoms with Gasteiger partial charge in [-0.2, -0.15) is 0 Å². The first kappa shape index (κ1) is 17.7.